The molecule has 33 heavy (non-hydrogen) atoms. The minimum Gasteiger partial charge on any atom is -0.477 e. The molecule has 3 heterocycles. The average molecular weight is 440 g/mol. The Labute approximate surface area is 188 Å². The van der Waals surface area contributed by atoms with Crippen LogP contribution >= 0.6 is 0 Å². The number of aromatic carboxylic acids is 1. The first-order chi connectivity index (χ1) is 16.1. The van der Waals surface area contributed by atoms with Gasteiger partial charge >= 0.3 is 5.97 Å². The normalized spacial score (nSPS) is 11.1. The zero-order valence-corrected chi connectivity index (χ0v) is 18.0. The van der Waals surface area contributed by atoms with E-state index in [2.05, 4.69) is 30.6 Å². The summed E-state index contributed by atoms with van der Waals surface area (Å²) in [5.41, 5.74) is 4.68. The van der Waals surface area contributed by atoms with E-state index in [0.29, 0.717) is 23.8 Å². The van der Waals surface area contributed by atoms with Gasteiger partial charge in [0.2, 0.25) is 5.78 Å². The standard InChI is InChI=1S/C23H20N8O2/c1-3-15-12-20(31-19(22(32)33)13-24-23(31)25-15)30(2)16-10-8-14(9-11-16)17-6-4-5-7-18(17)21-26-28-29-27-21/h4-13H,3H2,1-2H3,(H,32,33)(H,26,27,28,29). The summed E-state index contributed by atoms with van der Waals surface area (Å²) in [4.78, 5) is 22.3. The number of carboxylic acid groups (broad SMARTS) is 1. The molecule has 10 heteroatoms. The van der Waals surface area contributed by atoms with Gasteiger partial charge in [0.05, 0.1) is 6.20 Å². The van der Waals surface area contributed by atoms with Crippen LogP contribution in [0.15, 0.2) is 60.8 Å². The summed E-state index contributed by atoms with van der Waals surface area (Å²) in [5.74, 6) is 0.573. The van der Waals surface area contributed by atoms with E-state index in [4.69, 9.17) is 0 Å². The van der Waals surface area contributed by atoms with Crippen LogP contribution < -0.4 is 4.90 Å². The van der Waals surface area contributed by atoms with Crippen molar-refractivity contribution in [3.8, 4) is 22.5 Å². The third kappa shape index (κ3) is 3.57. The van der Waals surface area contributed by atoms with Gasteiger partial charge in [0.1, 0.15) is 5.82 Å². The fraction of sp³-hybridized carbons (Fsp3) is 0.130. The van der Waals surface area contributed by atoms with Gasteiger partial charge in [-0.2, -0.15) is 0 Å². The van der Waals surface area contributed by atoms with Crippen LogP contribution in [0.3, 0.4) is 0 Å². The molecule has 164 valence electrons. The van der Waals surface area contributed by atoms with E-state index in [1.165, 1.54) is 6.20 Å². The highest BCUT2D eigenvalue weighted by atomic mass is 16.4. The van der Waals surface area contributed by atoms with E-state index in [-0.39, 0.29) is 5.69 Å². The van der Waals surface area contributed by atoms with Gasteiger partial charge in [-0.15, -0.1) is 5.10 Å². The molecule has 3 aromatic heterocycles. The van der Waals surface area contributed by atoms with E-state index in [1.54, 1.807) is 4.40 Å². The first kappa shape index (κ1) is 20.3. The number of rotatable bonds is 6. The number of fused-ring (bicyclic) bond motifs is 1. The van der Waals surface area contributed by atoms with Crippen LogP contribution in [0.5, 0.6) is 0 Å². The second-order valence-corrected chi connectivity index (χ2v) is 7.44. The molecule has 5 aromatic rings. The highest BCUT2D eigenvalue weighted by Gasteiger charge is 2.19. The zero-order valence-electron chi connectivity index (χ0n) is 18.0. The van der Waals surface area contributed by atoms with Crippen molar-refractivity contribution in [2.24, 2.45) is 0 Å². The van der Waals surface area contributed by atoms with Gasteiger partial charge in [-0.25, -0.2) is 19.9 Å². The number of aromatic amines is 1. The van der Waals surface area contributed by atoms with Gasteiger partial charge in [0, 0.05) is 30.1 Å². The maximum absolute atomic E-state index is 11.7. The van der Waals surface area contributed by atoms with Crippen molar-refractivity contribution in [2.45, 2.75) is 13.3 Å². The molecule has 10 nitrogen and oxygen atoms in total. The number of hydrogen-bond donors (Lipinski definition) is 2. The molecule has 0 saturated carbocycles. The van der Waals surface area contributed by atoms with Crippen molar-refractivity contribution in [1.29, 1.82) is 0 Å². The van der Waals surface area contributed by atoms with Gasteiger partial charge in [0.15, 0.2) is 11.5 Å². The summed E-state index contributed by atoms with van der Waals surface area (Å²) in [5, 5.41) is 23.8. The number of carboxylic acids is 1. The molecule has 0 aliphatic rings. The van der Waals surface area contributed by atoms with Crippen molar-refractivity contribution in [3.05, 3.63) is 72.2 Å². The zero-order chi connectivity index (χ0) is 22.9. The molecule has 0 atom stereocenters. The topological polar surface area (TPSA) is 125 Å². The minimum absolute atomic E-state index is 0.0632. The largest absolute Gasteiger partial charge is 0.477 e. The molecular formula is C23H20N8O2. The molecule has 0 fully saturated rings. The molecule has 0 bridgehead atoms. The third-order valence-corrected chi connectivity index (χ3v) is 5.53. The van der Waals surface area contributed by atoms with Crippen LogP contribution in [-0.4, -0.2) is 53.1 Å². The van der Waals surface area contributed by atoms with E-state index < -0.39 is 5.97 Å². The van der Waals surface area contributed by atoms with Crippen LogP contribution in [0.25, 0.3) is 28.3 Å². The molecule has 0 spiro atoms. The molecule has 0 radical (unpaired) electrons. The average Bonchev–Trinajstić information content (AvgIpc) is 3.53. The number of aromatic nitrogens is 7. The number of anilines is 2. The summed E-state index contributed by atoms with van der Waals surface area (Å²) in [6, 6.07) is 17.8. The smallest absolute Gasteiger partial charge is 0.354 e. The Bertz CT molecular complexity index is 1440. The Kier molecular flexibility index (Phi) is 5.02. The molecule has 5 rings (SSSR count). The van der Waals surface area contributed by atoms with Crippen molar-refractivity contribution < 1.29 is 9.90 Å². The number of H-pyrrole nitrogens is 1. The van der Waals surface area contributed by atoms with E-state index in [0.717, 1.165) is 28.1 Å². The molecular weight excluding hydrogens is 420 g/mol. The fourth-order valence-corrected chi connectivity index (χ4v) is 3.81. The first-order valence-electron chi connectivity index (χ1n) is 10.3. The predicted octanol–water partition coefficient (Wildman–Crippen LogP) is 3.60. The Morgan fingerprint density at radius 1 is 1.12 bits per heavy atom. The van der Waals surface area contributed by atoms with Crippen LogP contribution in [0, 0.1) is 0 Å². The predicted molar refractivity (Wildman–Crippen MR) is 122 cm³/mol. The number of aryl methyl sites for hydroxylation is 1. The second-order valence-electron chi connectivity index (χ2n) is 7.44. The highest BCUT2D eigenvalue weighted by molar-refractivity contribution is 5.87. The van der Waals surface area contributed by atoms with Crippen molar-refractivity contribution >= 4 is 23.3 Å². The van der Waals surface area contributed by atoms with Crippen molar-refractivity contribution in [1.82, 2.24) is 35.0 Å². The number of carbonyl (C=O) groups is 1. The third-order valence-electron chi connectivity index (χ3n) is 5.53. The Balaban J connectivity index is 1.56. The number of imidazole rings is 1. The lowest BCUT2D eigenvalue weighted by atomic mass is 9.99. The first-order valence-corrected chi connectivity index (χ1v) is 10.3. The highest BCUT2D eigenvalue weighted by Crippen LogP contribution is 2.32. The van der Waals surface area contributed by atoms with Gasteiger partial charge in [-0.1, -0.05) is 43.3 Å². The quantitative estimate of drug-likeness (QED) is 0.410. The summed E-state index contributed by atoms with van der Waals surface area (Å²) in [7, 11) is 1.89. The lowest BCUT2D eigenvalue weighted by Gasteiger charge is -2.22. The van der Waals surface area contributed by atoms with Gasteiger partial charge in [-0.3, -0.25) is 4.40 Å². The van der Waals surface area contributed by atoms with E-state index in [9.17, 15) is 9.90 Å². The monoisotopic (exact) mass is 440 g/mol. The molecule has 0 aliphatic carbocycles. The van der Waals surface area contributed by atoms with Gasteiger partial charge in [-0.05, 0) is 40.1 Å². The number of tetrazole rings is 1. The van der Waals surface area contributed by atoms with Gasteiger partial charge in [0.25, 0.3) is 0 Å². The van der Waals surface area contributed by atoms with Crippen LogP contribution in [0.2, 0.25) is 0 Å². The summed E-state index contributed by atoms with van der Waals surface area (Å²) in [6.45, 7) is 2.00. The van der Waals surface area contributed by atoms with Crippen LogP contribution in [-0.2, 0) is 6.42 Å². The number of benzene rings is 2. The SMILES string of the molecule is CCc1cc(N(C)c2ccc(-c3ccccc3-c3nnn[nH]3)cc2)n2c(C(=O)O)cnc2n1. The number of nitrogens with zero attached hydrogens (tertiary/aromatic N) is 7. The van der Waals surface area contributed by atoms with Crippen LogP contribution in [0.4, 0.5) is 11.5 Å². The number of nitrogens with one attached hydrogen (secondary N) is 1. The van der Waals surface area contributed by atoms with Gasteiger partial charge < -0.3 is 10.0 Å². The fourth-order valence-electron chi connectivity index (χ4n) is 3.81. The summed E-state index contributed by atoms with van der Waals surface area (Å²) in [6.07, 6.45) is 2.04. The lowest BCUT2D eigenvalue weighted by Crippen LogP contribution is -2.17. The maximum atomic E-state index is 11.7. The Morgan fingerprint density at radius 3 is 2.55 bits per heavy atom. The Morgan fingerprint density at radius 2 is 1.88 bits per heavy atom. The molecule has 0 aliphatic heterocycles. The molecule has 2 N–H and O–H groups in total. The van der Waals surface area contributed by atoms with Crippen LogP contribution in [0.1, 0.15) is 23.1 Å². The molecule has 0 unspecified atom stereocenters. The maximum Gasteiger partial charge on any atom is 0.354 e. The summed E-state index contributed by atoms with van der Waals surface area (Å²) >= 11 is 0. The van der Waals surface area contributed by atoms with E-state index in [1.807, 2.05) is 73.5 Å². The van der Waals surface area contributed by atoms with Crippen molar-refractivity contribution in [3.63, 3.8) is 0 Å². The van der Waals surface area contributed by atoms with Crippen molar-refractivity contribution in [2.75, 3.05) is 11.9 Å². The number of hydrogen-bond acceptors (Lipinski definition) is 7. The molecule has 0 saturated heterocycles. The molecule has 2 aromatic carbocycles. The molecule has 0 amide bonds. The summed E-state index contributed by atoms with van der Waals surface area (Å²) < 4.78 is 1.56. The second kappa shape index (κ2) is 8.15. The van der Waals surface area contributed by atoms with E-state index >= 15 is 0 Å². The minimum atomic E-state index is -1.06. The Hall–Kier alpha value is -4.60. The lowest BCUT2D eigenvalue weighted by molar-refractivity contribution is 0.0689.